The maximum Gasteiger partial charge on any atom is 0.328 e. The first-order valence-corrected chi connectivity index (χ1v) is 5.78. The van der Waals surface area contributed by atoms with E-state index in [1.54, 1.807) is 0 Å². The summed E-state index contributed by atoms with van der Waals surface area (Å²) in [6, 6.07) is 3.71. The molecule has 0 aliphatic carbocycles. The monoisotopic (exact) mass is 290 g/mol. The fourth-order valence-corrected chi connectivity index (χ4v) is 2.00. The summed E-state index contributed by atoms with van der Waals surface area (Å²) in [5.74, 6) is -1.53. The molecule has 2 rings (SSSR count). The molecule has 0 saturated carbocycles. The molecule has 9 nitrogen and oxygen atoms in total. The minimum atomic E-state index is -1.94. The molecule has 1 aliphatic rings. The molecule has 0 fully saturated rings. The van der Waals surface area contributed by atoms with E-state index in [1.165, 1.54) is 26.1 Å². The van der Waals surface area contributed by atoms with Crippen molar-refractivity contribution in [3.63, 3.8) is 0 Å². The number of carbonyl (C=O) groups is 2. The van der Waals surface area contributed by atoms with Crippen molar-refractivity contribution in [1.29, 1.82) is 0 Å². The van der Waals surface area contributed by atoms with Gasteiger partial charge >= 0.3 is 6.21 Å². The van der Waals surface area contributed by atoms with E-state index >= 15 is 0 Å². The number of nitro benzene ring substituents is 1. The fraction of sp³-hybridized carbons (Fsp3) is 0.250. The average molecular weight is 290 g/mol. The topological polar surface area (TPSA) is 126 Å². The van der Waals surface area contributed by atoms with Crippen molar-refractivity contribution in [3.8, 4) is 5.75 Å². The van der Waals surface area contributed by atoms with Crippen molar-refractivity contribution in [2.45, 2.75) is 12.5 Å². The Morgan fingerprint density at radius 3 is 2.81 bits per heavy atom. The number of ether oxygens (including phenoxy) is 1. The number of amides is 1. The van der Waals surface area contributed by atoms with Crippen molar-refractivity contribution in [2.24, 2.45) is 0 Å². The van der Waals surface area contributed by atoms with Gasteiger partial charge in [0, 0.05) is 13.1 Å². The first-order valence-electron chi connectivity index (χ1n) is 5.78. The lowest BCUT2D eigenvalue weighted by Gasteiger charge is -2.36. The summed E-state index contributed by atoms with van der Waals surface area (Å²) in [5, 5.41) is 10.8. The zero-order valence-electron chi connectivity index (χ0n) is 11.1. The van der Waals surface area contributed by atoms with Crippen molar-refractivity contribution in [2.75, 3.05) is 11.9 Å². The van der Waals surface area contributed by atoms with E-state index in [-0.39, 0.29) is 11.4 Å². The number of non-ortho nitro benzene ring substituents is 1. The molecule has 1 aromatic rings. The molecule has 9 heteroatoms. The predicted octanol–water partition coefficient (Wildman–Crippen LogP) is 0.578. The summed E-state index contributed by atoms with van der Waals surface area (Å²) in [7, 11) is 1.41. The summed E-state index contributed by atoms with van der Waals surface area (Å²) < 4.78 is 5.36. The number of nitro groups is 1. The Labute approximate surface area is 118 Å². The minimum absolute atomic E-state index is 0.0217. The third-order valence-electron chi connectivity index (χ3n) is 3.19. The van der Waals surface area contributed by atoms with Gasteiger partial charge in [-0.3, -0.25) is 19.7 Å². The largest absolute Gasteiger partial charge is 0.467 e. The van der Waals surface area contributed by atoms with Crippen LogP contribution in [0.1, 0.15) is 6.92 Å². The lowest BCUT2D eigenvalue weighted by Crippen LogP contribution is -2.58. The average Bonchev–Trinajstić information content (AvgIpc) is 2.44. The zero-order chi connectivity index (χ0) is 15.8. The third-order valence-corrected chi connectivity index (χ3v) is 3.19. The van der Waals surface area contributed by atoms with Crippen LogP contribution in [-0.4, -0.2) is 40.3 Å². The SMILES string of the molecule is CN1C(=O)C(C)(C(=O)C=[N+]=[N-])Oc2cc([N+](=O)[O-])ccc21. The zero-order valence-corrected chi connectivity index (χ0v) is 11.1. The summed E-state index contributed by atoms with van der Waals surface area (Å²) in [5.41, 5.74) is 6.55. The Hall–Kier alpha value is -3.06. The number of benzene rings is 1. The van der Waals surface area contributed by atoms with E-state index in [1.807, 2.05) is 0 Å². The van der Waals surface area contributed by atoms with E-state index in [9.17, 15) is 19.7 Å². The second kappa shape index (κ2) is 4.80. The highest BCUT2D eigenvalue weighted by Gasteiger charge is 2.50. The lowest BCUT2D eigenvalue weighted by atomic mass is 9.96. The van der Waals surface area contributed by atoms with Gasteiger partial charge in [0.1, 0.15) is 0 Å². The first-order chi connectivity index (χ1) is 9.81. The van der Waals surface area contributed by atoms with Crippen molar-refractivity contribution >= 4 is 29.3 Å². The summed E-state index contributed by atoms with van der Waals surface area (Å²) in [6.45, 7) is 1.21. The Balaban J connectivity index is 2.57. The van der Waals surface area contributed by atoms with Crippen LogP contribution in [0.2, 0.25) is 0 Å². The van der Waals surface area contributed by atoms with Crippen LogP contribution >= 0.6 is 0 Å². The molecule has 1 aliphatic heterocycles. The highest BCUT2D eigenvalue weighted by Crippen LogP contribution is 2.39. The molecule has 108 valence electrons. The molecule has 21 heavy (non-hydrogen) atoms. The van der Waals surface area contributed by atoms with E-state index < -0.39 is 22.2 Å². The summed E-state index contributed by atoms with van der Waals surface area (Å²) >= 11 is 0. The molecule has 1 amide bonds. The van der Waals surface area contributed by atoms with Crippen LogP contribution in [-0.2, 0) is 9.59 Å². The molecule has 0 spiro atoms. The fourth-order valence-electron chi connectivity index (χ4n) is 2.00. The molecule has 1 atom stereocenters. The summed E-state index contributed by atoms with van der Waals surface area (Å²) in [6.07, 6.45) is 0.550. The van der Waals surface area contributed by atoms with Crippen LogP contribution in [0.15, 0.2) is 18.2 Å². The number of anilines is 1. The number of carbonyl (C=O) groups excluding carboxylic acids is 2. The van der Waals surface area contributed by atoms with Gasteiger partial charge in [-0.05, 0) is 13.0 Å². The highest BCUT2D eigenvalue weighted by atomic mass is 16.6. The molecule has 1 unspecified atom stereocenters. The smallest absolute Gasteiger partial charge is 0.328 e. The number of fused-ring (bicyclic) bond motifs is 1. The van der Waals surface area contributed by atoms with Gasteiger partial charge in [-0.25, -0.2) is 0 Å². The Morgan fingerprint density at radius 1 is 1.57 bits per heavy atom. The molecule has 0 aromatic heterocycles. The van der Waals surface area contributed by atoms with E-state index in [0.717, 1.165) is 11.0 Å². The van der Waals surface area contributed by atoms with Crippen LogP contribution in [0.5, 0.6) is 5.75 Å². The molecular formula is C12H10N4O5. The van der Waals surface area contributed by atoms with E-state index in [2.05, 4.69) is 4.79 Å². The molecule has 0 saturated heterocycles. The van der Waals surface area contributed by atoms with Gasteiger partial charge in [-0.2, -0.15) is 4.79 Å². The minimum Gasteiger partial charge on any atom is -0.467 e. The molecule has 0 radical (unpaired) electrons. The predicted molar refractivity (Wildman–Crippen MR) is 70.2 cm³/mol. The Morgan fingerprint density at radius 2 is 2.24 bits per heavy atom. The molecule has 1 heterocycles. The van der Waals surface area contributed by atoms with Gasteiger partial charge < -0.3 is 15.2 Å². The van der Waals surface area contributed by atoms with Gasteiger partial charge in [0.05, 0.1) is 16.7 Å². The number of ketones is 1. The third kappa shape index (κ3) is 2.15. The van der Waals surface area contributed by atoms with Crippen LogP contribution in [0.3, 0.4) is 0 Å². The molecule has 0 bridgehead atoms. The van der Waals surface area contributed by atoms with Crippen molar-refractivity contribution < 1.29 is 24.0 Å². The Kier molecular flexibility index (Phi) is 3.28. The van der Waals surface area contributed by atoms with Crippen molar-refractivity contribution in [3.05, 3.63) is 33.8 Å². The molecule has 0 N–H and O–H groups in total. The number of Topliss-reactive ketones (excluding diaryl/α,β-unsaturated/α-hetero) is 1. The maximum absolute atomic E-state index is 12.2. The number of hydrogen-bond acceptors (Lipinski definition) is 5. The van der Waals surface area contributed by atoms with Gasteiger partial charge in [0.25, 0.3) is 23.0 Å². The van der Waals surface area contributed by atoms with Crippen LogP contribution < -0.4 is 9.64 Å². The number of likely N-dealkylation sites (N-methyl/N-ethyl adjacent to an activating group) is 1. The number of rotatable bonds is 3. The second-order valence-corrected chi connectivity index (χ2v) is 4.52. The lowest BCUT2D eigenvalue weighted by molar-refractivity contribution is -0.385. The molecule has 1 aromatic carbocycles. The standard InChI is InChI=1S/C12H10N4O5/c1-12(10(17)6-14-13)11(18)15(2)8-4-3-7(16(19)20)5-9(8)21-12/h3-6H,1-2H3. The quantitative estimate of drug-likeness (QED) is 0.201. The number of hydrogen-bond donors (Lipinski definition) is 0. The van der Waals surface area contributed by atoms with Crippen molar-refractivity contribution in [1.82, 2.24) is 0 Å². The van der Waals surface area contributed by atoms with E-state index in [4.69, 9.17) is 10.3 Å². The first kappa shape index (κ1) is 14.4. The van der Waals surface area contributed by atoms with Crippen LogP contribution in [0.4, 0.5) is 11.4 Å². The number of nitrogens with zero attached hydrogens (tertiary/aromatic N) is 4. The highest BCUT2D eigenvalue weighted by molar-refractivity contribution is 6.37. The summed E-state index contributed by atoms with van der Waals surface area (Å²) in [4.78, 5) is 38.0. The Bertz CT molecular complexity index is 710. The van der Waals surface area contributed by atoms with Gasteiger partial charge in [0.15, 0.2) is 5.75 Å². The van der Waals surface area contributed by atoms with Crippen LogP contribution in [0.25, 0.3) is 5.53 Å². The second-order valence-electron chi connectivity index (χ2n) is 4.52. The van der Waals surface area contributed by atoms with E-state index in [0.29, 0.717) is 11.9 Å². The van der Waals surface area contributed by atoms with Crippen LogP contribution in [0, 0.1) is 10.1 Å². The van der Waals surface area contributed by atoms with Gasteiger partial charge in [0.2, 0.25) is 0 Å². The van der Waals surface area contributed by atoms with Gasteiger partial charge in [-0.15, -0.1) is 0 Å². The maximum atomic E-state index is 12.2. The van der Waals surface area contributed by atoms with Gasteiger partial charge in [-0.1, -0.05) is 0 Å². The molecular weight excluding hydrogens is 280 g/mol. The normalized spacial score (nSPS) is 20.1.